The Morgan fingerprint density at radius 1 is 1.41 bits per heavy atom. The van der Waals surface area contributed by atoms with E-state index in [0.717, 1.165) is 16.3 Å². The molecule has 2 rings (SSSR count). The van der Waals surface area contributed by atoms with Gasteiger partial charge in [0, 0.05) is 18.6 Å². The van der Waals surface area contributed by atoms with Crippen LogP contribution in [0.2, 0.25) is 0 Å². The molecule has 0 aliphatic carbocycles. The summed E-state index contributed by atoms with van der Waals surface area (Å²) in [5, 5.41) is 2.61. The lowest BCUT2D eigenvalue weighted by Gasteiger charge is -2.14. The van der Waals surface area contributed by atoms with Crippen molar-refractivity contribution < 1.29 is 4.79 Å². The minimum absolute atomic E-state index is 0.0641. The van der Waals surface area contributed by atoms with Gasteiger partial charge >= 0.3 is 0 Å². The molecule has 1 heterocycles. The van der Waals surface area contributed by atoms with Gasteiger partial charge in [-0.05, 0) is 18.1 Å². The zero-order chi connectivity index (χ0) is 12.3. The van der Waals surface area contributed by atoms with E-state index in [1.54, 1.807) is 18.1 Å². The fraction of sp³-hybridized carbons (Fsp3) is 0.231. The average molecular weight is 246 g/mol. The molecule has 1 aromatic heterocycles. The van der Waals surface area contributed by atoms with Crippen molar-refractivity contribution >= 4 is 22.4 Å². The lowest BCUT2D eigenvalue weighted by atomic mass is 10.1. The summed E-state index contributed by atoms with van der Waals surface area (Å²) in [6.07, 6.45) is 2.13. The lowest BCUT2D eigenvalue weighted by molar-refractivity contribution is -0.117. The summed E-state index contributed by atoms with van der Waals surface area (Å²) in [7, 11) is 1.76. The first-order valence-electron chi connectivity index (χ1n) is 5.39. The lowest BCUT2D eigenvalue weighted by Crippen LogP contribution is -2.27. The molecule has 0 bridgehead atoms. The van der Waals surface area contributed by atoms with Crippen LogP contribution in [0.1, 0.15) is 11.1 Å². The molecule has 0 spiro atoms. The summed E-state index contributed by atoms with van der Waals surface area (Å²) in [5.41, 5.74) is 2.22. The molecule has 0 radical (unpaired) electrons. The van der Waals surface area contributed by atoms with Crippen molar-refractivity contribution in [2.24, 2.45) is 0 Å². The Morgan fingerprint density at radius 2 is 2.18 bits per heavy atom. The molecule has 0 aliphatic rings. The smallest absolute Gasteiger partial charge is 0.232 e. The van der Waals surface area contributed by atoms with E-state index in [0.29, 0.717) is 6.42 Å². The maximum absolute atomic E-state index is 12.1. The first-order valence-corrected chi connectivity index (χ1v) is 6.27. The predicted octanol–water partition coefficient (Wildman–Crippen LogP) is 2.66. The van der Waals surface area contributed by atoms with Crippen LogP contribution < -0.4 is 4.90 Å². The Hall–Kier alpha value is -1.68. The van der Waals surface area contributed by atoms with E-state index in [2.05, 4.69) is 4.98 Å². The molecule has 4 heteroatoms. The van der Waals surface area contributed by atoms with Crippen molar-refractivity contribution in [2.45, 2.75) is 13.3 Å². The second-order valence-electron chi connectivity index (χ2n) is 3.87. The van der Waals surface area contributed by atoms with E-state index in [9.17, 15) is 4.79 Å². The molecule has 3 nitrogen and oxygen atoms in total. The summed E-state index contributed by atoms with van der Waals surface area (Å²) in [4.78, 5) is 17.8. The number of thiazole rings is 1. The fourth-order valence-corrected chi connectivity index (χ4v) is 2.20. The van der Waals surface area contributed by atoms with Crippen molar-refractivity contribution in [1.29, 1.82) is 0 Å². The number of hydrogen-bond donors (Lipinski definition) is 0. The van der Waals surface area contributed by atoms with Crippen LogP contribution in [0.15, 0.2) is 35.8 Å². The standard InChI is InChI=1S/C13H14N2OS/c1-10-5-3-4-6-11(10)9-12(16)15(2)13-14-7-8-17-13/h3-8H,9H2,1-2H3. The monoisotopic (exact) mass is 246 g/mol. The van der Waals surface area contributed by atoms with Crippen LogP contribution in [0.4, 0.5) is 5.13 Å². The summed E-state index contributed by atoms with van der Waals surface area (Å²) in [6.45, 7) is 2.02. The van der Waals surface area contributed by atoms with Crippen LogP contribution in [-0.4, -0.2) is 17.9 Å². The number of rotatable bonds is 3. The van der Waals surface area contributed by atoms with Crippen LogP contribution in [-0.2, 0) is 11.2 Å². The highest BCUT2D eigenvalue weighted by Crippen LogP contribution is 2.17. The van der Waals surface area contributed by atoms with Crippen LogP contribution in [0.25, 0.3) is 0 Å². The second-order valence-corrected chi connectivity index (χ2v) is 4.74. The highest BCUT2D eigenvalue weighted by atomic mass is 32.1. The van der Waals surface area contributed by atoms with Crippen molar-refractivity contribution in [3.05, 3.63) is 47.0 Å². The third kappa shape index (κ3) is 2.71. The van der Waals surface area contributed by atoms with E-state index < -0.39 is 0 Å². The van der Waals surface area contributed by atoms with Gasteiger partial charge in [0.25, 0.3) is 0 Å². The van der Waals surface area contributed by atoms with E-state index in [-0.39, 0.29) is 5.91 Å². The SMILES string of the molecule is Cc1ccccc1CC(=O)N(C)c1nccs1. The first kappa shape index (κ1) is 11.8. The molecule has 88 valence electrons. The summed E-state index contributed by atoms with van der Waals surface area (Å²) >= 11 is 1.47. The van der Waals surface area contributed by atoms with Crippen molar-refractivity contribution in [3.8, 4) is 0 Å². The molecule has 1 amide bonds. The number of hydrogen-bond acceptors (Lipinski definition) is 3. The molecular formula is C13H14N2OS. The van der Waals surface area contributed by atoms with E-state index >= 15 is 0 Å². The molecule has 0 aliphatic heterocycles. The third-order valence-electron chi connectivity index (χ3n) is 2.68. The van der Waals surface area contributed by atoms with Crippen LogP contribution in [0.3, 0.4) is 0 Å². The number of aryl methyl sites for hydroxylation is 1. The summed E-state index contributed by atoms with van der Waals surface area (Å²) in [5.74, 6) is 0.0641. The van der Waals surface area contributed by atoms with Gasteiger partial charge in [-0.3, -0.25) is 9.69 Å². The van der Waals surface area contributed by atoms with E-state index in [4.69, 9.17) is 0 Å². The van der Waals surface area contributed by atoms with Crippen LogP contribution in [0.5, 0.6) is 0 Å². The average Bonchev–Trinajstić information content (AvgIpc) is 2.84. The molecule has 2 aromatic rings. The van der Waals surface area contributed by atoms with Gasteiger partial charge in [0.1, 0.15) is 0 Å². The van der Waals surface area contributed by atoms with Crippen LogP contribution in [0, 0.1) is 6.92 Å². The van der Waals surface area contributed by atoms with Crippen molar-refractivity contribution in [2.75, 3.05) is 11.9 Å². The minimum atomic E-state index is 0.0641. The van der Waals surface area contributed by atoms with Gasteiger partial charge in [-0.1, -0.05) is 24.3 Å². The summed E-state index contributed by atoms with van der Waals surface area (Å²) < 4.78 is 0. The molecule has 0 unspecified atom stereocenters. The number of amides is 1. The van der Waals surface area contributed by atoms with Gasteiger partial charge in [-0.15, -0.1) is 11.3 Å². The van der Waals surface area contributed by atoms with Gasteiger partial charge in [0.05, 0.1) is 6.42 Å². The predicted molar refractivity (Wildman–Crippen MR) is 70.4 cm³/mol. The number of benzene rings is 1. The normalized spacial score (nSPS) is 10.2. The fourth-order valence-electron chi connectivity index (χ4n) is 1.58. The summed E-state index contributed by atoms with van der Waals surface area (Å²) in [6, 6.07) is 7.95. The Kier molecular flexibility index (Phi) is 3.54. The minimum Gasteiger partial charge on any atom is -0.291 e. The number of carbonyl (C=O) groups is 1. The van der Waals surface area contributed by atoms with Crippen molar-refractivity contribution in [1.82, 2.24) is 4.98 Å². The van der Waals surface area contributed by atoms with Gasteiger partial charge in [-0.25, -0.2) is 4.98 Å². The first-order chi connectivity index (χ1) is 8.18. The molecule has 1 aromatic carbocycles. The Morgan fingerprint density at radius 3 is 2.82 bits per heavy atom. The van der Waals surface area contributed by atoms with Crippen molar-refractivity contribution in [3.63, 3.8) is 0 Å². The zero-order valence-electron chi connectivity index (χ0n) is 9.88. The van der Waals surface area contributed by atoms with Gasteiger partial charge in [0.15, 0.2) is 5.13 Å². The molecule has 17 heavy (non-hydrogen) atoms. The number of likely N-dealkylation sites (N-methyl/N-ethyl adjacent to an activating group) is 1. The van der Waals surface area contributed by atoms with Gasteiger partial charge in [-0.2, -0.15) is 0 Å². The maximum atomic E-state index is 12.1. The van der Waals surface area contributed by atoms with Gasteiger partial charge in [0.2, 0.25) is 5.91 Å². The molecule has 0 saturated carbocycles. The number of nitrogens with zero attached hydrogens (tertiary/aromatic N) is 2. The highest BCUT2D eigenvalue weighted by Gasteiger charge is 2.14. The van der Waals surface area contributed by atoms with Gasteiger partial charge < -0.3 is 0 Å². The Labute approximate surface area is 105 Å². The highest BCUT2D eigenvalue weighted by molar-refractivity contribution is 7.13. The quantitative estimate of drug-likeness (QED) is 0.834. The molecule has 0 fully saturated rings. The third-order valence-corrected chi connectivity index (χ3v) is 3.53. The molecule has 0 atom stereocenters. The largest absolute Gasteiger partial charge is 0.291 e. The second kappa shape index (κ2) is 5.10. The number of anilines is 1. The topological polar surface area (TPSA) is 33.2 Å². The molecular weight excluding hydrogens is 232 g/mol. The number of aromatic nitrogens is 1. The van der Waals surface area contributed by atoms with E-state index in [1.807, 2.05) is 36.6 Å². The number of carbonyl (C=O) groups excluding carboxylic acids is 1. The Balaban J connectivity index is 2.10. The van der Waals surface area contributed by atoms with E-state index in [1.165, 1.54) is 11.3 Å². The molecule has 0 N–H and O–H groups in total. The molecule has 0 saturated heterocycles. The Bertz CT molecular complexity index is 508. The van der Waals surface area contributed by atoms with Crippen LogP contribution >= 0.6 is 11.3 Å². The maximum Gasteiger partial charge on any atom is 0.232 e. The zero-order valence-corrected chi connectivity index (χ0v) is 10.7.